The Balaban J connectivity index is 2.15. The van der Waals surface area contributed by atoms with Crippen molar-refractivity contribution in [2.45, 2.75) is 26.2 Å². The van der Waals surface area contributed by atoms with Crippen LogP contribution in [0.1, 0.15) is 36.5 Å². The maximum atomic E-state index is 12.5. The average Bonchev–Trinajstić information content (AvgIpc) is 3.21. The molecule has 0 aliphatic heterocycles. The third kappa shape index (κ3) is 3.00. The molecule has 1 aromatic heterocycles. The lowest BCUT2D eigenvalue weighted by Gasteiger charge is -2.23. The molecule has 0 atom stereocenters. The summed E-state index contributed by atoms with van der Waals surface area (Å²) < 4.78 is 0. The zero-order chi connectivity index (χ0) is 13.0. The SMILES string of the molecule is CCCN(CC1CC1)C(=O)c1ccncc1NC. The van der Waals surface area contributed by atoms with Crippen molar-refractivity contribution in [3.63, 3.8) is 0 Å². The van der Waals surface area contributed by atoms with E-state index < -0.39 is 0 Å². The molecule has 1 saturated carbocycles. The summed E-state index contributed by atoms with van der Waals surface area (Å²) in [6, 6.07) is 1.80. The first-order chi connectivity index (χ1) is 8.76. The smallest absolute Gasteiger partial charge is 0.256 e. The van der Waals surface area contributed by atoms with E-state index in [0.29, 0.717) is 0 Å². The van der Waals surface area contributed by atoms with Crippen molar-refractivity contribution in [3.8, 4) is 0 Å². The maximum Gasteiger partial charge on any atom is 0.256 e. The van der Waals surface area contributed by atoms with Gasteiger partial charge in [-0.15, -0.1) is 0 Å². The molecular weight excluding hydrogens is 226 g/mol. The normalized spacial score (nSPS) is 14.3. The third-order valence-electron chi connectivity index (χ3n) is 3.28. The fraction of sp³-hybridized carbons (Fsp3) is 0.571. The minimum absolute atomic E-state index is 0.121. The van der Waals surface area contributed by atoms with E-state index >= 15 is 0 Å². The molecule has 2 rings (SSSR count). The quantitative estimate of drug-likeness (QED) is 0.839. The Morgan fingerprint density at radius 2 is 2.33 bits per heavy atom. The van der Waals surface area contributed by atoms with Gasteiger partial charge in [0.15, 0.2) is 0 Å². The number of amides is 1. The molecule has 0 spiro atoms. The van der Waals surface area contributed by atoms with Gasteiger partial charge in [0.25, 0.3) is 5.91 Å². The number of carbonyl (C=O) groups excluding carboxylic acids is 1. The first kappa shape index (κ1) is 12.9. The topological polar surface area (TPSA) is 45.2 Å². The van der Waals surface area contributed by atoms with Gasteiger partial charge in [-0.1, -0.05) is 6.92 Å². The van der Waals surface area contributed by atoms with Crippen LogP contribution in [0, 0.1) is 5.92 Å². The van der Waals surface area contributed by atoms with Crippen LogP contribution in [0.25, 0.3) is 0 Å². The van der Waals surface area contributed by atoms with Crippen LogP contribution in [0.15, 0.2) is 18.5 Å². The van der Waals surface area contributed by atoms with Crippen molar-refractivity contribution in [1.29, 1.82) is 0 Å². The van der Waals surface area contributed by atoms with E-state index in [4.69, 9.17) is 0 Å². The lowest BCUT2D eigenvalue weighted by Crippen LogP contribution is -2.34. The highest BCUT2D eigenvalue weighted by Crippen LogP contribution is 2.30. The summed E-state index contributed by atoms with van der Waals surface area (Å²) in [5.41, 5.74) is 1.53. The predicted octanol–water partition coefficient (Wildman–Crippen LogP) is 2.39. The van der Waals surface area contributed by atoms with Crippen LogP contribution in [0.5, 0.6) is 0 Å². The lowest BCUT2D eigenvalue weighted by atomic mass is 10.2. The number of nitrogens with zero attached hydrogens (tertiary/aromatic N) is 2. The van der Waals surface area contributed by atoms with Gasteiger partial charge in [0, 0.05) is 26.3 Å². The summed E-state index contributed by atoms with van der Waals surface area (Å²) in [7, 11) is 1.82. The molecule has 4 heteroatoms. The Hall–Kier alpha value is -1.58. The van der Waals surface area contributed by atoms with Gasteiger partial charge in [-0.2, -0.15) is 0 Å². The zero-order valence-corrected chi connectivity index (χ0v) is 11.1. The Morgan fingerprint density at radius 3 is 2.94 bits per heavy atom. The summed E-state index contributed by atoms with van der Waals surface area (Å²) >= 11 is 0. The highest BCUT2D eigenvalue weighted by Gasteiger charge is 2.27. The molecule has 1 fully saturated rings. The van der Waals surface area contributed by atoms with Crippen LogP contribution in [0.2, 0.25) is 0 Å². The van der Waals surface area contributed by atoms with Crippen LogP contribution in [-0.4, -0.2) is 35.9 Å². The highest BCUT2D eigenvalue weighted by molar-refractivity contribution is 5.99. The Bertz CT molecular complexity index is 415. The standard InChI is InChI=1S/C14H21N3O/c1-3-8-17(10-11-4-5-11)14(18)12-6-7-16-9-13(12)15-2/h6-7,9,11,15H,3-5,8,10H2,1-2H3. The number of aromatic nitrogens is 1. The number of anilines is 1. The molecule has 18 heavy (non-hydrogen) atoms. The summed E-state index contributed by atoms with van der Waals surface area (Å²) in [4.78, 5) is 18.6. The van der Waals surface area contributed by atoms with E-state index in [1.165, 1.54) is 12.8 Å². The molecule has 1 amide bonds. The largest absolute Gasteiger partial charge is 0.386 e. The number of hydrogen-bond acceptors (Lipinski definition) is 3. The molecule has 0 unspecified atom stereocenters. The van der Waals surface area contributed by atoms with Crippen LogP contribution >= 0.6 is 0 Å². The first-order valence-electron chi connectivity index (χ1n) is 6.67. The molecule has 0 radical (unpaired) electrons. The Kier molecular flexibility index (Phi) is 4.18. The third-order valence-corrected chi connectivity index (χ3v) is 3.28. The van der Waals surface area contributed by atoms with E-state index in [9.17, 15) is 4.79 Å². The van der Waals surface area contributed by atoms with Crippen LogP contribution in [0.4, 0.5) is 5.69 Å². The number of hydrogen-bond donors (Lipinski definition) is 1. The van der Waals surface area contributed by atoms with E-state index in [1.54, 1.807) is 18.5 Å². The molecular formula is C14H21N3O. The van der Waals surface area contributed by atoms with Crippen LogP contribution in [0.3, 0.4) is 0 Å². The van der Waals surface area contributed by atoms with Crippen molar-refractivity contribution >= 4 is 11.6 Å². The average molecular weight is 247 g/mol. The molecule has 0 saturated heterocycles. The van der Waals surface area contributed by atoms with E-state index in [0.717, 1.165) is 36.7 Å². The van der Waals surface area contributed by atoms with Crippen molar-refractivity contribution in [3.05, 3.63) is 24.0 Å². The van der Waals surface area contributed by atoms with E-state index in [1.807, 2.05) is 11.9 Å². The number of pyridine rings is 1. The second kappa shape index (κ2) is 5.85. The van der Waals surface area contributed by atoms with Gasteiger partial charge in [-0.3, -0.25) is 9.78 Å². The predicted molar refractivity (Wildman–Crippen MR) is 72.7 cm³/mol. The number of rotatable bonds is 6. The zero-order valence-electron chi connectivity index (χ0n) is 11.1. The minimum atomic E-state index is 0.121. The second-order valence-electron chi connectivity index (χ2n) is 4.87. The second-order valence-corrected chi connectivity index (χ2v) is 4.87. The van der Waals surface area contributed by atoms with Gasteiger partial charge in [-0.05, 0) is 31.2 Å². The fourth-order valence-electron chi connectivity index (χ4n) is 2.11. The summed E-state index contributed by atoms with van der Waals surface area (Å²) in [6.45, 7) is 3.84. The summed E-state index contributed by atoms with van der Waals surface area (Å²) in [5.74, 6) is 0.843. The monoisotopic (exact) mass is 247 g/mol. The Labute approximate surface area is 108 Å². The lowest BCUT2D eigenvalue weighted by molar-refractivity contribution is 0.0748. The minimum Gasteiger partial charge on any atom is -0.386 e. The molecule has 1 aliphatic rings. The van der Waals surface area contributed by atoms with Gasteiger partial charge in [0.05, 0.1) is 17.4 Å². The van der Waals surface area contributed by atoms with Gasteiger partial charge in [0.1, 0.15) is 0 Å². The van der Waals surface area contributed by atoms with Crippen molar-refractivity contribution < 1.29 is 4.79 Å². The molecule has 0 aromatic carbocycles. The van der Waals surface area contributed by atoms with Gasteiger partial charge >= 0.3 is 0 Å². The summed E-state index contributed by atoms with van der Waals surface area (Å²) in [5, 5.41) is 3.03. The molecule has 98 valence electrons. The fourth-order valence-corrected chi connectivity index (χ4v) is 2.11. The summed E-state index contributed by atoms with van der Waals surface area (Å²) in [6.07, 6.45) is 6.91. The van der Waals surface area contributed by atoms with E-state index in [2.05, 4.69) is 17.2 Å². The van der Waals surface area contributed by atoms with Crippen molar-refractivity contribution in [1.82, 2.24) is 9.88 Å². The van der Waals surface area contributed by atoms with Gasteiger partial charge in [0.2, 0.25) is 0 Å². The van der Waals surface area contributed by atoms with Crippen molar-refractivity contribution in [2.75, 3.05) is 25.5 Å². The maximum absolute atomic E-state index is 12.5. The molecule has 0 bridgehead atoms. The van der Waals surface area contributed by atoms with E-state index in [-0.39, 0.29) is 5.91 Å². The molecule has 1 aliphatic carbocycles. The molecule has 1 aromatic rings. The Morgan fingerprint density at radius 1 is 1.56 bits per heavy atom. The number of carbonyl (C=O) groups is 1. The molecule has 1 heterocycles. The van der Waals surface area contributed by atoms with Crippen molar-refractivity contribution in [2.24, 2.45) is 5.92 Å². The van der Waals surface area contributed by atoms with Gasteiger partial charge < -0.3 is 10.2 Å². The van der Waals surface area contributed by atoms with Crippen LogP contribution in [-0.2, 0) is 0 Å². The molecule has 1 N–H and O–H groups in total. The van der Waals surface area contributed by atoms with Gasteiger partial charge in [-0.25, -0.2) is 0 Å². The first-order valence-corrected chi connectivity index (χ1v) is 6.67. The number of nitrogens with one attached hydrogen (secondary N) is 1. The van der Waals surface area contributed by atoms with Crippen LogP contribution < -0.4 is 5.32 Å². The highest BCUT2D eigenvalue weighted by atomic mass is 16.2. The molecule has 4 nitrogen and oxygen atoms in total.